The first-order chi connectivity index (χ1) is 14.0. The van der Waals surface area contributed by atoms with Crippen molar-refractivity contribution in [2.75, 3.05) is 19.7 Å². The molecule has 0 aliphatic carbocycles. The first kappa shape index (κ1) is 20.2. The highest BCUT2D eigenvalue weighted by Gasteiger charge is 2.48. The standard InChI is InChI=1S/C16H24N6O6S/c23-15(14-3-2-13-9-21(14)16(24)22(13)28-29(25)26)19-27-10-12-6-11(7-17-12)8-20-5-1-4-18-20/h1,4-5,11-14,17H,2-3,6-10H2,(H,19,23)(H,25,26)/t11-,12+,13?,14?/m0/s1. The largest absolute Gasteiger partial charge is 0.346 e. The third kappa shape index (κ3) is 4.59. The number of piperidine rings is 1. The zero-order valence-electron chi connectivity index (χ0n) is 15.7. The summed E-state index contributed by atoms with van der Waals surface area (Å²) in [6.07, 6.45) is 5.53. The monoisotopic (exact) mass is 428 g/mol. The molecule has 1 aromatic heterocycles. The minimum absolute atomic E-state index is 0.128. The third-order valence-corrected chi connectivity index (χ3v) is 5.83. The molecule has 3 N–H and O–H groups in total. The van der Waals surface area contributed by atoms with Gasteiger partial charge in [0.05, 0.1) is 12.6 Å². The van der Waals surface area contributed by atoms with Crippen molar-refractivity contribution in [3.05, 3.63) is 18.5 Å². The van der Waals surface area contributed by atoms with Crippen LogP contribution in [0.4, 0.5) is 4.79 Å². The van der Waals surface area contributed by atoms with E-state index in [1.165, 1.54) is 4.90 Å². The maximum absolute atomic E-state index is 12.5. The summed E-state index contributed by atoms with van der Waals surface area (Å²) in [4.78, 5) is 31.5. The second-order valence-electron chi connectivity index (χ2n) is 7.51. The van der Waals surface area contributed by atoms with E-state index < -0.39 is 29.3 Å². The second kappa shape index (κ2) is 8.75. The minimum atomic E-state index is -2.59. The van der Waals surface area contributed by atoms with Gasteiger partial charge in [0.2, 0.25) is 0 Å². The van der Waals surface area contributed by atoms with E-state index in [1.807, 2.05) is 16.9 Å². The van der Waals surface area contributed by atoms with Crippen molar-refractivity contribution in [3.8, 4) is 0 Å². The van der Waals surface area contributed by atoms with Crippen LogP contribution in [0, 0.1) is 5.92 Å². The Balaban J connectivity index is 1.20. The van der Waals surface area contributed by atoms with Crippen LogP contribution in [0.3, 0.4) is 0 Å². The lowest BCUT2D eigenvalue weighted by Gasteiger charge is -2.29. The smallest absolute Gasteiger partial charge is 0.311 e. The zero-order valence-corrected chi connectivity index (χ0v) is 16.5. The van der Waals surface area contributed by atoms with E-state index in [9.17, 15) is 13.8 Å². The normalized spacial score (nSPS) is 30.0. The molecule has 12 nitrogen and oxygen atoms in total. The minimum Gasteiger partial charge on any atom is -0.311 e. The lowest BCUT2D eigenvalue weighted by atomic mass is 10.0. The maximum Gasteiger partial charge on any atom is 0.346 e. The van der Waals surface area contributed by atoms with Gasteiger partial charge in [-0.2, -0.15) is 14.4 Å². The summed E-state index contributed by atoms with van der Waals surface area (Å²) in [5.74, 6) is 0.0367. The molecule has 2 bridgehead atoms. The number of aromatic nitrogens is 2. The van der Waals surface area contributed by atoms with Gasteiger partial charge in [-0.15, -0.1) is 4.28 Å². The number of hydrogen-bond donors (Lipinski definition) is 3. The fourth-order valence-corrected chi connectivity index (χ4v) is 4.52. The average molecular weight is 428 g/mol. The molecule has 3 aliphatic rings. The van der Waals surface area contributed by atoms with E-state index >= 15 is 0 Å². The third-order valence-electron chi connectivity index (χ3n) is 5.54. The molecule has 0 aromatic carbocycles. The second-order valence-corrected chi connectivity index (χ2v) is 8.09. The lowest BCUT2D eigenvalue weighted by molar-refractivity contribution is -0.139. The molecule has 1 aromatic rings. The van der Waals surface area contributed by atoms with Crippen molar-refractivity contribution >= 4 is 23.3 Å². The highest BCUT2D eigenvalue weighted by atomic mass is 32.2. The summed E-state index contributed by atoms with van der Waals surface area (Å²) in [5.41, 5.74) is 2.44. The van der Waals surface area contributed by atoms with Crippen molar-refractivity contribution in [3.63, 3.8) is 0 Å². The molecule has 4 heterocycles. The van der Waals surface area contributed by atoms with Crippen molar-refractivity contribution in [2.24, 2.45) is 5.92 Å². The summed E-state index contributed by atoms with van der Waals surface area (Å²) < 4.78 is 26.3. The Morgan fingerprint density at radius 2 is 2.31 bits per heavy atom. The molecular weight excluding hydrogens is 404 g/mol. The first-order valence-electron chi connectivity index (χ1n) is 9.53. The summed E-state index contributed by atoms with van der Waals surface area (Å²) in [7, 11) is 0. The maximum atomic E-state index is 12.5. The first-order valence-corrected chi connectivity index (χ1v) is 10.6. The molecule has 4 rings (SSSR count). The molecular formula is C16H24N6O6S. The van der Waals surface area contributed by atoms with Crippen LogP contribution in [0.5, 0.6) is 0 Å². The Morgan fingerprint density at radius 3 is 3.07 bits per heavy atom. The number of nitrogens with zero attached hydrogens (tertiary/aromatic N) is 4. The van der Waals surface area contributed by atoms with E-state index in [4.69, 9.17) is 9.39 Å². The molecule has 3 amide bonds. The molecule has 0 radical (unpaired) electrons. The highest BCUT2D eigenvalue weighted by Crippen LogP contribution is 2.30. The van der Waals surface area contributed by atoms with E-state index in [2.05, 4.69) is 20.2 Å². The van der Waals surface area contributed by atoms with Gasteiger partial charge in [0, 0.05) is 38.1 Å². The number of fused-ring (bicyclic) bond motifs is 2. The Morgan fingerprint density at radius 1 is 1.45 bits per heavy atom. The SMILES string of the molecule is O=C(NOC[C@H]1C[C@H](Cn2cccn2)CN1)C1CCC2CN1C(=O)N2OS(=O)O. The molecule has 5 atom stereocenters. The quantitative estimate of drug-likeness (QED) is 0.363. The van der Waals surface area contributed by atoms with Gasteiger partial charge >= 0.3 is 17.4 Å². The number of hydroxylamine groups is 3. The van der Waals surface area contributed by atoms with Crippen LogP contribution in [-0.4, -0.2) is 78.3 Å². The molecule has 13 heteroatoms. The van der Waals surface area contributed by atoms with Gasteiger partial charge in [0.1, 0.15) is 6.04 Å². The fourth-order valence-electron chi connectivity index (χ4n) is 4.19. The number of carbonyl (C=O) groups excluding carboxylic acids is 2. The van der Waals surface area contributed by atoms with Crippen LogP contribution in [0.25, 0.3) is 0 Å². The number of hydrogen-bond acceptors (Lipinski definition) is 7. The predicted octanol–water partition coefficient (Wildman–Crippen LogP) is -0.754. The van der Waals surface area contributed by atoms with E-state index in [0.717, 1.165) is 24.6 Å². The van der Waals surface area contributed by atoms with Crippen molar-refractivity contribution in [1.82, 2.24) is 30.5 Å². The van der Waals surface area contributed by atoms with Gasteiger partial charge < -0.3 is 10.2 Å². The number of amides is 3. The Hall–Kier alpha value is -2.06. The number of nitrogens with one attached hydrogen (secondary N) is 2. The van der Waals surface area contributed by atoms with Gasteiger partial charge in [-0.3, -0.25) is 18.9 Å². The van der Waals surface area contributed by atoms with E-state index in [-0.39, 0.29) is 18.6 Å². The van der Waals surface area contributed by atoms with Crippen LogP contribution in [0.2, 0.25) is 0 Å². The van der Waals surface area contributed by atoms with Crippen LogP contribution in [0.1, 0.15) is 19.3 Å². The highest BCUT2D eigenvalue weighted by molar-refractivity contribution is 7.74. The van der Waals surface area contributed by atoms with Gasteiger partial charge in [0.15, 0.2) is 0 Å². The predicted molar refractivity (Wildman–Crippen MR) is 98.8 cm³/mol. The summed E-state index contributed by atoms with van der Waals surface area (Å²) >= 11 is -2.59. The van der Waals surface area contributed by atoms with Gasteiger partial charge in [-0.05, 0) is 31.2 Å². The van der Waals surface area contributed by atoms with Crippen LogP contribution < -0.4 is 10.8 Å². The van der Waals surface area contributed by atoms with Gasteiger partial charge in [-0.25, -0.2) is 10.3 Å². The Kier molecular flexibility index (Phi) is 6.10. The zero-order chi connectivity index (χ0) is 20.4. The number of urea groups is 1. The Labute approximate surface area is 169 Å². The molecule has 29 heavy (non-hydrogen) atoms. The van der Waals surface area contributed by atoms with Crippen molar-refractivity contribution < 1.29 is 27.5 Å². The number of rotatable bonds is 8. The van der Waals surface area contributed by atoms with Crippen LogP contribution in [-0.2, 0) is 31.8 Å². The van der Waals surface area contributed by atoms with E-state index in [1.54, 1.807) is 6.20 Å². The molecule has 3 aliphatic heterocycles. The molecule has 3 saturated heterocycles. The molecule has 0 spiro atoms. The Bertz CT molecular complexity index is 763. The molecule has 3 unspecified atom stereocenters. The van der Waals surface area contributed by atoms with Gasteiger partial charge in [0.25, 0.3) is 5.91 Å². The molecule has 3 fully saturated rings. The van der Waals surface area contributed by atoms with E-state index in [0.29, 0.717) is 25.4 Å². The number of carbonyl (C=O) groups is 2. The molecule has 0 saturated carbocycles. The van der Waals surface area contributed by atoms with Crippen molar-refractivity contribution in [1.29, 1.82) is 0 Å². The average Bonchev–Trinajstić information content (AvgIpc) is 3.41. The van der Waals surface area contributed by atoms with Crippen molar-refractivity contribution in [2.45, 2.75) is 43.9 Å². The topological polar surface area (TPSA) is 138 Å². The summed E-state index contributed by atoms with van der Waals surface area (Å²) in [6.45, 7) is 2.29. The van der Waals surface area contributed by atoms with Crippen LogP contribution >= 0.6 is 0 Å². The summed E-state index contributed by atoms with van der Waals surface area (Å²) in [6, 6.07) is 0.407. The van der Waals surface area contributed by atoms with Crippen LogP contribution in [0.15, 0.2) is 18.5 Å². The fraction of sp³-hybridized carbons (Fsp3) is 0.688. The summed E-state index contributed by atoms with van der Waals surface area (Å²) in [5, 5.41) is 8.47. The molecule has 160 valence electrons. The van der Waals surface area contributed by atoms with Gasteiger partial charge in [-0.1, -0.05) is 0 Å². The lowest BCUT2D eigenvalue weighted by Crippen LogP contribution is -2.50.